The number of aliphatic hydroxyl groups is 2. The molecule has 0 bridgehead atoms. The molecule has 0 radical (unpaired) electrons. The zero-order chi connectivity index (χ0) is 20.2. The maximum absolute atomic E-state index is 11.6. The molecular formula is C24H32O5. The second kappa shape index (κ2) is 5.54. The van der Waals surface area contributed by atoms with Crippen molar-refractivity contribution in [1.29, 1.82) is 0 Å². The average Bonchev–Trinajstić information content (AvgIpc) is 3.34. The van der Waals surface area contributed by atoms with Crippen molar-refractivity contribution in [2.24, 2.45) is 22.7 Å². The molecule has 1 aromatic heterocycles. The van der Waals surface area contributed by atoms with E-state index in [9.17, 15) is 15.0 Å². The largest absolute Gasteiger partial charge is 0.431 e. The Morgan fingerprint density at radius 1 is 1.03 bits per heavy atom. The molecule has 4 saturated carbocycles. The van der Waals surface area contributed by atoms with Crippen LogP contribution in [0.15, 0.2) is 27.6 Å². The topological polar surface area (TPSA) is 83.2 Å². The van der Waals surface area contributed by atoms with Crippen molar-refractivity contribution >= 4 is 0 Å². The fraction of sp³-hybridized carbons (Fsp3) is 0.792. The van der Waals surface area contributed by atoms with E-state index in [0.717, 1.165) is 50.5 Å². The molecule has 0 aromatic carbocycles. The Morgan fingerprint density at radius 3 is 2.55 bits per heavy atom. The first-order valence-corrected chi connectivity index (χ1v) is 11.4. The van der Waals surface area contributed by atoms with Crippen LogP contribution in [0, 0.1) is 22.7 Å². The fourth-order valence-electron chi connectivity index (χ4n) is 8.73. The van der Waals surface area contributed by atoms with Gasteiger partial charge in [-0.3, -0.25) is 0 Å². The minimum absolute atomic E-state index is 0.0404. The van der Waals surface area contributed by atoms with Crippen LogP contribution in [0.5, 0.6) is 0 Å². The van der Waals surface area contributed by atoms with E-state index in [1.165, 1.54) is 6.07 Å². The molecule has 6 rings (SSSR count). The van der Waals surface area contributed by atoms with Crippen LogP contribution in [0.25, 0.3) is 0 Å². The summed E-state index contributed by atoms with van der Waals surface area (Å²) in [6.07, 6.45) is 8.69. The van der Waals surface area contributed by atoms with Gasteiger partial charge in [0.1, 0.15) is 5.60 Å². The normalized spacial score (nSPS) is 55.4. The Bertz CT molecular complexity index is 890. The molecule has 9 atom stereocenters. The highest BCUT2D eigenvalue weighted by Gasteiger charge is 2.81. The summed E-state index contributed by atoms with van der Waals surface area (Å²) in [4.78, 5) is 11.4. The van der Waals surface area contributed by atoms with E-state index < -0.39 is 5.60 Å². The van der Waals surface area contributed by atoms with Gasteiger partial charge in [0.25, 0.3) is 0 Å². The van der Waals surface area contributed by atoms with Crippen molar-refractivity contribution in [3.8, 4) is 0 Å². The molecule has 0 amide bonds. The maximum Gasteiger partial charge on any atom is 0.335 e. The summed E-state index contributed by atoms with van der Waals surface area (Å²) >= 11 is 0. The number of rotatable bonds is 1. The van der Waals surface area contributed by atoms with Gasteiger partial charge in [0.2, 0.25) is 0 Å². The second-order valence-electron chi connectivity index (χ2n) is 11.1. The van der Waals surface area contributed by atoms with E-state index in [-0.39, 0.29) is 34.3 Å². The zero-order valence-corrected chi connectivity index (χ0v) is 17.4. The summed E-state index contributed by atoms with van der Waals surface area (Å²) in [6.45, 7) is 4.67. The van der Waals surface area contributed by atoms with E-state index in [2.05, 4.69) is 13.8 Å². The van der Waals surface area contributed by atoms with Crippen molar-refractivity contribution in [1.82, 2.24) is 0 Å². The van der Waals surface area contributed by atoms with E-state index in [1.807, 2.05) is 6.07 Å². The molecular weight excluding hydrogens is 368 g/mol. The number of ether oxygens (including phenoxy) is 1. The van der Waals surface area contributed by atoms with E-state index in [1.54, 1.807) is 6.26 Å². The van der Waals surface area contributed by atoms with Gasteiger partial charge in [-0.25, -0.2) is 4.79 Å². The fourth-order valence-corrected chi connectivity index (χ4v) is 8.73. The lowest BCUT2D eigenvalue weighted by Gasteiger charge is -2.64. The Balaban J connectivity index is 1.37. The highest BCUT2D eigenvalue weighted by molar-refractivity contribution is 5.35. The summed E-state index contributed by atoms with van der Waals surface area (Å²) in [7, 11) is 0. The van der Waals surface area contributed by atoms with Crippen LogP contribution in [-0.4, -0.2) is 33.6 Å². The van der Waals surface area contributed by atoms with Gasteiger partial charge in [-0.2, -0.15) is 0 Å². The molecule has 1 aliphatic heterocycles. The Kier molecular flexibility index (Phi) is 3.55. The minimum Gasteiger partial charge on any atom is -0.431 e. The van der Waals surface area contributed by atoms with Gasteiger partial charge in [0, 0.05) is 17.9 Å². The molecule has 29 heavy (non-hydrogen) atoms. The molecule has 2 heterocycles. The van der Waals surface area contributed by atoms with E-state index in [4.69, 9.17) is 9.15 Å². The first-order valence-electron chi connectivity index (χ1n) is 11.4. The lowest BCUT2D eigenvalue weighted by Crippen LogP contribution is -2.65. The summed E-state index contributed by atoms with van der Waals surface area (Å²) in [5.74, 6) is 1.26. The summed E-state index contributed by atoms with van der Waals surface area (Å²) < 4.78 is 11.8. The van der Waals surface area contributed by atoms with Crippen LogP contribution < -0.4 is 5.63 Å². The van der Waals surface area contributed by atoms with Gasteiger partial charge >= 0.3 is 5.63 Å². The number of aliphatic hydroxyl groups excluding tert-OH is 1. The van der Waals surface area contributed by atoms with Gasteiger partial charge in [-0.05, 0) is 79.7 Å². The molecule has 1 spiro atoms. The predicted octanol–water partition coefficient (Wildman–Crippen LogP) is 3.37. The SMILES string of the molecule is C[C@]12CC[C@H](O)C[C@@]1(O)CC[C@@H]1[C@@H]2CC[C@]2(C)[C@@H](c3ccc(=O)oc3)C[C@H]3O[C@]132. The third-order valence-corrected chi connectivity index (χ3v) is 10.3. The van der Waals surface area contributed by atoms with Crippen LogP contribution in [0.1, 0.15) is 76.7 Å². The monoisotopic (exact) mass is 400 g/mol. The minimum atomic E-state index is -0.749. The smallest absolute Gasteiger partial charge is 0.335 e. The molecule has 2 N–H and O–H groups in total. The highest BCUT2D eigenvalue weighted by Crippen LogP contribution is 2.78. The quantitative estimate of drug-likeness (QED) is 0.706. The first kappa shape index (κ1) is 18.6. The Hall–Kier alpha value is -1.17. The van der Waals surface area contributed by atoms with Gasteiger partial charge in [0.05, 0.1) is 24.1 Å². The number of hydrogen-bond acceptors (Lipinski definition) is 5. The zero-order valence-electron chi connectivity index (χ0n) is 17.4. The predicted molar refractivity (Wildman–Crippen MR) is 106 cm³/mol. The van der Waals surface area contributed by atoms with E-state index in [0.29, 0.717) is 24.2 Å². The van der Waals surface area contributed by atoms with Crippen molar-refractivity contribution in [3.63, 3.8) is 0 Å². The highest BCUT2D eigenvalue weighted by atomic mass is 16.6. The third-order valence-electron chi connectivity index (χ3n) is 10.3. The molecule has 5 nitrogen and oxygen atoms in total. The lowest BCUT2D eigenvalue weighted by atomic mass is 9.42. The van der Waals surface area contributed by atoms with Crippen molar-refractivity contribution in [2.45, 2.75) is 94.5 Å². The summed E-state index contributed by atoms with van der Waals surface area (Å²) in [6, 6.07) is 3.48. The molecule has 5 aliphatic rings. The van der Waals surface area contributed by atoms with Crippen LogP contribution in [0.3, 0.4) is 0 Å². The summed E-state index contributed by atoms with van der Waals surface area (Å²) in [5.41, 5.74) is -0.118. The lowest BCUT2D eigenvalue weighted by molar-refractivity contribution is -0.223. The third kappa shape index (κ3) is 2.10. The van der Waals surface area contributed by atoms with Gasteiger partial charge in [-0.1, -0.05) is 13.8 Å². The van der Waals surface area contributed by atoms with Gasteiger partial charge < -0.3 is 19.4 Å². The molecule has 0 unspecified atom stereocenters. The molecule has 4 aliphatic carbocycles. The van der Waals surface area contributed by atoms with Gasteiger partial charge in [0.15, 0.2) is 0 Å². The van der Waals surface area contributed by atoms with Crippen molar-refractivity contribution in [2.75, 3.05) is 0 Å². The van der Waals surface area contributed by atoms with Crippen LogP contribution in [0.4, 0.5) is 0 Å². The first-order chi connectivity index (χ1) is 13.7. The van der Waals surface area contributed by atoms with Crippen molar-refractivity contribution in [3.05, 3.63) is 34.4 Å². The molecule has 158 valence electrons. The average molecular weight is 401 g/mol. The van der Waals surface area contributed by atoms with Crippen LogP contribution in [-0.2, 0) is 4.74 Å². The van der Waals surface area contributed by atoms with Gasteiger partial charge in [-0.15, -0.1) is 0 Å². The number of fused-ring (bicyclic) bond motifs is 3. The van der Waals surface area contributed by atoms with Crippen LogP contribution in [0.2, 0.25) is 0 Å². The standard InChI is InChI=1S/C24H32O5/c1-21-8-5-15(25)12-23(21,27)10-7-17-16(21)6-9-22(2)18(11-19-24(17,22)29-19)14-3-4-20(26)28-13-14/h3-4,13,15-19,25,27H,5-12H2,1-2H3/t15-,16-,17+,18+,19+,21+,22+,23-,24+/m0/s1. The maximum atomic E-state index is 11.6. The number of epoxide rings is 1. The summed E-state index contributed by atoms with van der Waals surface area (Å²) in [5, 5.41) is 21.8. The molecule has 1 saturated heterocycles. The molecule has 1 aromatic rings. The Labute approximate surface area is 171 Å². The van der Waals surface area contributed by atoms with E-state index >= 15 is 0 Å². The molecule has 5 fully saturated rings. The number of hydrogen-bond donors (Lipinski definition) is 2. The second-order valence-corrected chi connectivity index (χ2v) is 11.1. The van der Waals surface area contributed by atoms with Crippen molar-refractivity contribution < 1.29 is 19.4 Å². The van der Waals surface area contributed by atoms with Crippen LogP contribution >= 0.6 is 0 Å². The Morgan fingerprint density at radius 2 is 1.79 bits per heavy atom. The molecule has 5 heteroatoms.